The van der Waals surface area contributed by atoms with Crippen LogP contribution >= 0.6 is 0 Å². The lowest BCUT2D eigenvalue weighted by Crippen LogP contribution is -2.56. The Kier molecular flexibility index (Phi) is 2.26. The van der Waals surface area contributed by atoms with Crippen molar-refractivity contribution in [2.45, 2.75) is 43.9 Å². The third kappa shape index (κ3) is 1.38. The molecule has 0 aromatic rings. The first-order chi connectivity index (χ1) is 6.84. The topological polar surface area (TPSA) is 35.5 Å². The zero-order valence-electron chi connectivity index (χ0n) is 8.65. The number of aliphatic hydroxyl groups excluding tert-OH is 1. The lowest BCUT2D eigenvalue weighted by atomic mass is 9.79. The molecule has 2 bridgehead atoms. The zero-order valence-corrected chi connectivity index (χ0v) is 8.65. The molecule has 3 heteroatoms. The van der Waals surface area contributed by atoms with Crippen LogP contribution in [0.4, 0.5) is 0 Å². The Morgan fingerprint density at radius 3 is 2.36 bits per heavy atom. The number of nitrogens with one attached hydrogen (secondary N) is 1. The van der Waals surface area contributed by atoms with Crippen LogP contribution in [-0.4, -0.2) is 47.8 Å². The van der Waals surface area contributed by atoms with E-state index in [9.17, 15) is 5.11 Å². The molecule has 0 radical (unpaired) electrons. The number of hydrogen-bond acceptors (Lipinski definition) is 3. The second-order valence-corrected chi connectivity index (χ2v) is 5.16. The highest BCUT2D eigenvalue weighted by molar-refractivity contribution is 4.97. The average Bonchev–Trinajstić information content (AvgIpc) is 2.66. The van der Waals surface area contributed by atoms with Crippen molar-refractivity contribution < 1.29 is 5.11 Å². The molecule has 1 aliphatic carbocycles. The number of piperidine rings is 2. The summed E-state index contributed by atoms with van der Waals surface area (Å²) in [7, 11) is 0. The molecule has 3 nitrogen and oxygen atoms in total. The second kappa shape index (κ2) is 3.47. The third-order valence-corrected chi connectivity index (χ3v) is 4.33. The van der Waals surface area contributed by atoms with E-state index in [4.69, 9.17) is 0 Å². The number of rotatable bonds is 1. The summed E-state index contributed by atoms with van der Waals surface area (Å²) in [6.45, 7) is 3.02. The van der Waals surface area contributed by atoms with Crippen molar-refractivity contribution >= 4 is 0 Å². The molecule has 4 fully saturated rings. The Hall–Kier alpha value is -0.120. The van der Waals surface area contributed by atoms with E-state index in [0.717, 1.165) is 25.0 Å². The van der Waals surface area contributed by atoms with Gasteiger partial charge in [-0.1, -0.05) is 0 Å². The minimum Gasteiger partial charge on any atom is -0.390 e. The third-order valence-electron chi connectivity index (χ3n) is 4.33. The smallest absolute Gasteiger partial charge is 0.0831 e. The summed E-state index contributed by atoms with van der Waals surface area (Å²) in [5, 5.41) is 13.2. The van der Waals surface area contributed by atoms with Crippen molar-refractivity contribution in [3.63, 3.8) is 0 Å². The highest BCUT2D eigenvalue weighted by atomic mass is 16.3. The fourth-order valence-corrected chi connectivity index (χ4v) is 3.50. The second-order valence-electron chi connectivity index (χ2n) is 5.16. The predicted molar refractivity (Wildman–Crippen MR) is 55.1 cm³/mol. The maximum Gasteiger partial charge on any atom is 0.0831 e. The zero-order chi connectivity index (χ0) is 9.54. The van der Waals surface area contributed by atoms with Crippen molar-refractivity contribution in [3.8, 4) is 0 Å². The van der Waals surface area contributed by atoms with Gasteiger partial charge < -0.3 is 10.4 Å². The molecule has 4 aliphatic rings. The van der Waals surface area contributed by atoms with Gasteiger partial charge in [0.25, 0.3) is 0 Å². The molecule has 3 aliphatic heterocycles. The Bertz CT molecular complexity index is 213. The van der Waals surface area contributed by atoms with Gasteiger partial charge in [0.05, 0.1) is 6.10 Å². The van der Waals surface area contributed by atoms with Crippen LogP contribution in [0.2, 0.25) is 0 Å². The van der Waals surface area contributed by atoms with E-state index in [-0.39, 0.29) is 6.10 Å². The van der Waals surface area contributed by atoms with Gasteiger partial charge in [0, 0.05) is 31.7 Å². The van der Waals surface area contributed by atoms with E-state index in [2.05, 4.69) is 10.2 Å². The molecule has 14 heavy (non-hydrogen) atoms. The van der Waals surface area contributed by atoms with Crippen molar-refractivity contribution in [3.05, 3.63) is 0 Å². The molecule has 0 spiro atoms. The molecule has 80 valence electrons. The normalized spacial score (nSPS) is 48.6. The van der Waals surface area contributed by atoms with Gasteiger partial charge in [0.2, 0.25) is 0 Å². The van der Waals surface area contributed by atoms with Crippen LogP contribution in [0.3, 0.4) is 0 Å². The number of β-amino-alcohol motifs (C(OH)–C–C–N with tert-alkyl or cyclic N) is 1. The van der Waals surface area contributed by atoms with Crippen molar-refractivity contribution in [2.75, 3.05) is 19.6 Å². The molecule has 0 aromatic carbocycles. The molecule has 2 atom stereocenters. The van der Waals surface area contributed by atoms with Crippen LogP contribution in [0.25, 0.3) is 0 Å². The SMILES string of the molecule is OC1CNCC1N1CC2CCC1CC2. The Balaban J connectivity index is 1.72. The number of nitrogens with zero attached hydrogens (tertiary/aromatic N) is 1. The van der Waals surface area contributed by atoms with Gasteiger partial charge in [-0.3, -0.25) is 4.90 Å². The molecule has 0 amide bonds. The first-order valence-corrected chi connectivity index (χ1v) is 5.99. The minimum atomic E-state index is -0.130. The van der Waals surface area contributed by atoms with Gasteiger partial charge in [-0.05, 0) is 31.6 Å². The molecule has 1 saturated carbocycles. The molecular formula is C11H20N2O. The van der Waals surface area contributed by atoms with Crippen molar-refractivity contribution in [1.29, 1.82) is 0 Å². The Morgan fingerprint density at radius 1 is 1.07 bits per heavy atom. The van der Waals surface area contributed by atoms with Crippen LogP contribution in [0, 0.1) is 5.92 Å². The molecule has 3 saturated heterocycles. The Morgan fingerprint density at radius 2 is 1.86 bits per heavy atom. The number of hydrogen-bond donors (Lipinski definition) is 2. The van der Waals surface area contributed by atoms with Crippen LogP contribution in [0.1, 0.15) is 25.7 Å². The molecule has 4 rings (SSSR count). The highest BCUT2D eigenvalue weighted by Gasteiger charge is 2.40. The number of aliphatic hydroxyl groups is 1. The summed E-state index contributed by atoms with van der Waals surface area (Å²) in [4.78, 5) is 2.59. The summed E-state index contributed by atoms with van der Waals surface area (Å²) in [6.07, 6.45) is 5.46. The summed E-state index contributed by atoms with van der Waals surface area (Å²) >= 11 is 0. The van der Waals surface area contributed by atoms with E-state index < -0.39 is 0 Å². The molecule has 2 unspecified atom stereocenters. The van der Waals surface area contributed by atoms with Crippen LogP contribution < -0.4 is 5.32 Å². The van der Waals surface area contributed by atoms with E-state index in [1.54, 1.807) is 0 Å². The van der Waals surface area contributed by atoms with E-state index in [1.807, 2.05) is 0 Å². The monoisotopic (exact) mass is 196 g/mol. The van der Waals surface area contributed by atoms with Gasteiger partial charge in [0.15, 0.2) is 0 Å². The largest absolute Gasteiger partial charge is 0.390 e. The van der Waals surface area contributed by atoms with Gasteiger partial charge in [-0.15, -0.1) is 0 Å². The van der Waals surface area contributed by atoms with Gasteiger partial charge >= 0.3 is 0 Å². The van der Waals surface area contributed by atoms with Gasteiger partial charge in [-0.25, -0.2) is 0 Å². The Labute approximate surface area is 85.5 Å². The summed E-state index contributed by atoms with van der Waals surface area (Å²) < 4.78 is 0. The first kappa shape index (κ1) is 9.13. The molecule has 0 aromatic heterocycles. The lowest BCUT2D eigenvalue weighted by Gasteiger charge is -2.48. The molecule has 3 heterocycles. The summed E-state index contributed by atoms with van der Waals surface area (Å²) in [6, 6.07) is 1.18. The standard InChI is InChI=1S/C11H20N2O/c14-11-6-12-5-10(11)13-7-8-1-3-9(13)4-2-8/h8-12,14H,1-7H2. The van der Waals surface area contributed by atoms with Crippen molar-refractivity contribution in [1.82, 2.24) is 10.2 Å². The van der Waals surface area contributed by atoms with Gasteiger partial charge in [0.1, 0.15) is 0 Å². The summed E-state index contributed by atoms with van der Waals surface area (Å²) in [5.41, 5.74) is 0. The number of fused-ring (bicyclic) bond motifs is 3. The van der Waals surface area contributed by atoms with E-state index in [1.165, 1.54) is 32.2 Å². The maximum absolute atomic E-state index is 9.87. The van der Waals surface area contributed by atoms with Crippen molar-refractivity contribution in [2.24, 2.45) is 5.92 Å². The van der Waals surface area contributed by atoms with Crippen LogP contribution in [-0.2, 0) is 0 Å². The molecule has 2 N–H and O–H groups in total. The maximum atomic E-state index is 9.87. The fraction of sp³-hybridized carbons (Fsp3) is 1.00. The average molecular weight is 196 g/mol. The van der Waals surface area contributed by atoms with Crippen LogP contribution in [0.15, 0.2) is 0 Å². The fourth-order valence-electron chi connectivity index (χ4n) is 3.50. The van der Waals surface area contributed by atoms with E-state index in [0.29, 0.717) is 6.04 Å². The lowest BCUT2D eigenvalue weighted by molar-refractivity contribution is -0.0172. The predicted octanol–water partition coefficient (Wildman–Crippen LogP) is 0.193. The van der Waals surface area contributed by atoms with E-state index >= 15 is 0 Å². The quantitative estimate of drug-likeness (QED) is 0.628. The first-order valence-electron chi connectivity index (χ1n) is 5.99. The minimum absolute atomic E-state index is 0.130. The van der Waals surface area contributed by atoms with Crippen LogP contribution in [0.5, 0.6) is 0 Å². The molecular weight excluding hydrogens is 176 g/mol. The van der Waals surface area contributed by atoms with Gasteiger partial charge in [-0.2, -0.15) is 0 Å². The summed E-state index contributed by atoms with van der Waals surface area (Å²) in [5.74, 6) is 0.924. The highest BCUT2D eigenvalue weighted by Crippen LogP contribution is 2.36.